The molecule has 0 amide bonds. The van der Waals surface area contributed by atoms with Gasteiger partial charge in [-0.05, 0) is 12.1 Å². The first-order valence-corrected chi connectivity index (χ1v) is 7.02. The fraction of sp³-hybridized carbons (Fsp3) is 0. The average molecular weight is 295 g/mol. The SMILES string of the molecule is Nc1nc(-c2nc(-c3ccc(F)cc3F)cs2)cs1. The lowest BCUT2D eigenvalue weighted by Crippen LogP contribution is -1.87. The van der Waals surface area contributed by atoms with Crippen molar-refractivity contribution < 1.29 is 8.78 Å². The molecule has 0 aliphatic heterocycles. The summed E-state index contributed by atoms with van der Waals surface area (Å²) in [6.45, 7) is 0. The molecule has 3 rings (SSSR count). The van der Waals surface area contributed by atoms with Gasteiger partial charge in [-0.3, -0.25) is 0 Å². The number of hydrogen-bond donors (Lipinski definition) is 1. The maximum Gasteiger partial charge on any atom is 0.180 e. The Morgan fingerprint density at radius 2 is 1.79 bits per heavy atom. The van der Waals surface area contributed by atoms with Crippen molar-refractivity contribution >= 4 is 27.8 Å². The Labute approximate surface area is 115 Å². The van der Waals surface area contributed by atoms with Crippen LogP contribution in [0.3, 0.4) is 0 Å². The predicted octanol–water partition coefficient (Wildman–Crippen LogP) is 3.79. The molecule has 19 heavy (non-hydrogen) atoms. The zero-order valence-corrected chi connectivity index (χ0v) is 11.1. The third kappa shape index (κ3) is 2.34. The van der Waals surface area contributed by atoms with E-state index in [0.29, 0.717) is 21.5 Å². The molecule has 2 aromatic heterocycles. The van der Waals surface area contributed by atoms with Gasteiger partial charge in [-0.1, -0.05) is 0 Å². The largest absolute Gasteiger partial charge is 0.375 e. The lowest BCUT2D eigenvalue weighted by atomic mass is 10.1. The molecule has 0 saturated carbocycles. The van der Waals surface area contributed by atoms with Crippen LogP contribution in [-0.2, 0) is 0 Å². The van der Waals surface area contributed by atoms with Crippen molar-refractivity contribution in [1.82, 2.24) is 9.97 Å². The fourth-order valence-corrected chi connectivity index (χ4v) is 3.00. The van der Waals surface area contributed by atoms with E-state index in [9.17, 15) is 8.78 Å². The zero-order chi connectivity index (χ0) is 13.4. The first-order valence-electron chi connectivity index (χ1n) is 5.26. The Morgan fingerprint density at radius 3 is 2.47 bits per heavy atom. The molecule has 2 N–H and O–H groups in total. The Kier molecular flexibility index (Phi) is 3.00. The van der Waals surface area contributed by atoms with Crippen molar-refractivity contribution in [1.29, 1.82) is 0 Å². The van der Waals surface area contributed by atoms with Crippen LogP contribution in [0.5, 0.6) is 0 Å². The van der Waals surface area contributed by atoms with Crippen LogP contribution in [0.2, 0.25) is 0 Å². The molecular weight excluding hydrogens is 288 g/mol. The number of benzene rings is 1. The molecule has 0 unspecified atom stereocenters. The van der Waals surface area contributed by atoms with Crippen LogP contribution in [0.1, 0.15) is 0 Å². The zero-order valence-electron chi connectivity index (χ0n) is 9.43. The van der Waals surface area contributed by atoms with Gasteiger partial charge in [0, 0.05) is 22.4 Å². The van der Waals surface area contributed by atoms with E-state index < -0.39 is 11.6 Å². The Morgan fingerprint density at radius 1 is 1.00 bits per heavy atom. The maximum absolute atomic E-state index is 13.6. The van der Waals surface area contributed by atoms with Gasteiger partial charge >= 0.3 is 0 Å². The van der Waals surface area contributed by atoms with E-state index in [1.54, 1.807) is 10.8 Å². The molecule has 0 atom stereocenters. The highest BCUT2D eigenvalue weighted by atomic mass is 32.1. The highest BCUT2D eigenvalue weighted by Crippen LogP contribution is 2.31. The molecule has 0 spiro atoms. The summed E-state index contributed by atoms with van der Waals surface area (Å²) in [6, 6.07) is 3.42. The number of halogens is 2. The van der Waals surface area contributed by atoms with E-state index >= 15 is 0 Å². The third-order valence-corrected chi connectivity index (χ3v) is 3.99. The van der Waals surface area contributed by atoms with E-state index in [4.69, 9.17) is 5.73 Å². The van der Waals surface area contributed by atoms with Gasteiger partial charge < -0.3 is 5.73 Å². The number of nitrogens with zero attached hydrogens (tertiary/aromatic N) is 2. The van der Waals surface area contributed by atoms with Crippen molar-refractivity contribution in [2.45, 2.75) is 0 Å². The molecule has 0 aliphatic carbocycles. The highest BCUT2D eigenvalue weighted by molar-refractivity contribution is 7.15. The summed E-state index contributed by atoms with van der Waals surface area (Å²) in [5, 5.41) is 4.62. The van der Waals surface area contributed by atoms with Gasteiger partial charge in [0.1, 0.15) is 22.3 Å². The summed E-state index contributed by atoms with van der Waals surface area (Å²) in [6.07, 6.45) is 0. The molecule has 3 nitrogen and oxygen atoms in total. The van der Waals surface area contributed by atoms with Gasteiger partial charge in [-0.25, -0.2) is 18.7 Å². The number of nitrogen functional groups attached to an aromatic ring is 1. The van der Waals surface area contributed by atoms with Crippen LogP contribution in [0.25, 0.3) is 22.0 Å². The van der Waals surface area contributed by atoms with Crippen molar-refractivity contribution in [2.75, 3.05) is 5.73 Å². The Hall–Kier alpha value is -1.86. The molecule has 0 fully saturated rings. The predicted molar refractivity (Wildman–Crippen MR) is 73.0 cm³/mol. The number of anilines is 1. The van der Waals surface area contributed by atoms with Crippen LogP contribution < -0.4 is 5.73 Å². The number of hydrogen-bond acceptors (Lipinski definition) is 5. The van der Waals surface area contributed by atoms with Crippen molar-refractivity contribution in [3.8, 4) is 22.0 Å². The van der Waals surface area contributed by atoms with Crippen molar-refractivity contribution in [3.63, 3.8) is 0 Å². The van der Waals surface area contributed by atoms with Gasteiger partial charge in [0.15, 0.2) is 5.13 Å². The summed E-state index contributed by atoms with van der Waals surface area (Å²) < 4.78 is 26.5. The average Bonchev–Trinajstić information content (AvgIpc) is 2.97. The fourth-order valence-electron chi connectivity index (χ4n) is 1.60. The lowest BCUT2D eigenvalue weighted by molar-refractivity contribution is 0.585. The molecule has 1 aromatic carbocycles. The first-order chi connectivity index (χ1) is 9.13. The monoisotopic (exact) mass is 295 g/mol. The van der Waals surface area contributed by atoms with Crippen LogP contribution in [0.4, 0.5) is 13.9 Å². The van der Waals surface area contributed by atoms with Crippen LogP contribution in [0.15, 0.2) is 29.0 Å². The van der Waals surface area contributed by atoms with Crippen LogP contribution in [-0.4, -0.2) is 9.97 Å². The molecule has 0 saturated heterocycles. The van der Waals surface area contributed by atoms with Crippen molar-refractivity contribution in [3.05, 3.63) is 40.6 Å². The molecule has 0 bridgehead atoms. The summed E-state index contributed by atoms with van der Waals surface area (Å²) in [7, 11) is 0. The summed E-state index contributed by atoms with van der Waals surface area (Å²) >= 11 is 2.66. The highest BCUT2D eigenvalue weighted by Gasteiger charge is 2.12. The number of aromatic nitrogens is 2. The molecule has 0 radical (unpaired) electrons. The van der Waals surface area contributed by atoms with Crippen LogP contribution in [0, 0.1) is 11.6 Å². The topological polar surface area (TPSA) is 51.8 Å². The Balaban J connectivity index is 2.01. The van der Waals surface area contributed by atoms with Gasteiger partial charge in [0.2, 0.25) is 0 Å². The van der Waals surface area contributed by atoms with Gasteiger partial charge in [-0.15, -0.1) is 22.7 Å². The normalized spacial score (nSPS) is 10.8. The molecule has 2 heterocycles. The summed E-state index contributed by atoms with van der Waals surface area (Å²) in [4.78, 5) is 8.41. The maximum atomic E-state index is 13.6. The van der Waals surface area contributed by atoms with E-state index in [2.05, 4.69) is 9.97 Å². The Bertz CT molecular complexity index is 736. The lowest BCUT2D eigenvalue weighted by Gasteiger charge is -1.98. The second-order valence-electron chi connectivity index (χ2n) is 3.73. The van der Waals surface area contributed by atoms with E-state index in [1.807, 2.05) is 0 Å². The summed E-state index contributed by atoms with van der Waals surface area (Å²) in [5.74, 6) is -1.24. The smallest absolute Gasteiger partial charge is 0.180 e. The minimum absolute atomic E-state index is 0.270. The summed E-state index contributed by atoms with van der Waals surface area (Å²) in [5.41, 5.74) is 6.96. The van der Waals surface area contributed by atoms with E-state index in [0.717, 1.165) is 6.07 Å². The molecule has 0 aliphatic rings. The minimum Gasteiger partial charge on any atom is -0.375 e. The molecule has 3 aromatic rings. The molecule has 96 valence electrons. The van der Waals surface area contributed by atoms with Gasteiger partial charge in [0.25, 0.3) is 0 Å². The van der Waals surface area contributed by atoms with E-state index in [1.165, 1.54) is 34.8 Å². The quantitative estimate of drug-likeness (QED) is 0.782. The van der Waals surface area contributed by atoms with Crippen molar-refractivity contribution in [2.24, 2.45) is 0 Å². The van der Waals surface area contributed by atoms with Gasteiger partial charge in [0.05, 0.1) is 5.69 Å². The minimum atomic E-state index is -0.630. The van der Waals surface area contributed by atoms with Crippen LogP contribution >= 0.6 is 22.7 Å². The molecule has 7 heteroatoms. The second-order valence-corrected chi connectivity index (χ2v) is 5.48. The number of nitrogens with two attached hydrogens (primary N) is 1. The number of thiazole rings is 2. The van der Waals surface area contributed by atoms with Gasteiger partial charge in [-0.2, -0.15) is 0 Å². The molecular formula is C12H7F2N3S2. The second kappa shape index (κ2) is 4.67. The van der Waals surface area contributed by atoms with E-state index in [-0.39, 0.29) is 5.56 Å². The standard InChI is InChI=1S/C12H7F2N3S2/c13-6-1-2-7(8(14)3-6)9-4-18-11(16-9)10-5-19-12(15)17-10/h1-5H,(H2,15,17). The number of rotatable bonds is 2. The first kappa shape index (κ1) is 12.2. The third-order valence-electron chi connectivity index (χ3n) is 2.45.